The lowest BCUT2D eigenvalue weighted by molar-refractivity contribution is -0.274. The van der Waals surface area contributed by atoms with Crippen molar-refractivity contribution in [3.05, 3.63) is 28.8 Å². The summed E-state index contributed by atoms with van der Waals surface area (Å²) in [6.45, 7) is 0. The zero-order valence-electron chi connectivity index (χ0n) is 7.21. The molecule has 15 heavy (non-hydrogen) atoms. The number of benzene rings is 1. The molecule has 0 N–H and O–H groups in total. The second-order valence-electron chi connectivity index (χ2n) is 2.86. The van der Waals surface area contributed by atoms with Crippen LogP contribution in [0.3, 0.4) is 0 Å². The highest BCUT2D eigenvalue weighted by molar-refractivity contribution is 6.06. The highest BCUT2D eigenvalue weighted by Crippen LogP contribution is 2.20. The smallest absolute Gasteiger partial charge is 0.406 e. The lowest BCUT2D eigenvalue weighted by atomic mass is 10.3. The fourth-order valence-corrected chi connectivity index (χ4v) is 1.23. The summed E-state index contributed by atoms with van der Waals surface area (Å²) >= 11 is 0. The molecule has 1 aliphatic heterocycles. The molecule has 0 aromatic heterocycles. The van der Waals surface area contributed by atoms with Crippen LogP contribution >= 0.6 is 0 Å². The predicted molar refractivity (Wildman–Crippen MR) is 43.4 cm³/mol. The number of fused-ring (bicyclic) bond motifs is 1. The van der Waals surface area contributed by atoms with Gasteiger partial charge < -0.3 is 4.74 Å². The highest BCUT2D eigenvalue weighted by Gasteiger charge is 2.31. The van der Waals surface area contributed by atoms with Crippen molar-refractivity contribution < 1.29 is 22.7 Å². The normalized spacial score (nSPS) is 14.2. The molecule has 0 spiro atoms. The van der Waals surface area contributed by atoms with Crippen molar-refractivity contribution in [3.63, 3.8) is 0 Å². The van der Waals surface area contributed by atoms with E-state index >= 15 is 0 Å². The molecule has 0 fully saturated rings. The van der Waals surface area contributed by atoms with E-state index in [9.17, 15) is 18.0 Å². The molecule has 0 bridgehead atoms. The third kappa shape index (κ3) is 2.15. The van der Waals surface area contributed by atoms with Gasteiger partial charge in [-0.1, -0.05) is 0 Å². The maximum Gasteiger partial charge on any atom is 0.573 e. The van der Waals surface area contributed by atoms with Gasteiger partial charge in [0.25, 0.3) is 5.91 Å². The first-order chi connectivity index (χ1) is 6.94. The van der Waals surface area contributed by atoms with Crippen LogP contribution in [0.5, 0.6) is 5.75 Å². The summed E-state index contributed by atoms with van der Waals surface area (Å²) in [6, 6.07) is 3.54. The molecule has 0 aliphatic carbocycles. The van der Waals surface area contributed by atoms with Gasteiger partial charge in [0.1, 0.15) is 5.75 Å². The molecule has 0 atom stereocenters. The van der Waals surface area contributed by atoms with Gasteiger partial charge in [-0.2, -0.15) is 0 Å². The molecular formula is C9H4F3NO2. The van der Waals surface area contributed by atoms with Gasteiger partial charge >= 0.3 is 6.36 Å². The Morgan fingerprint density at radius 1 is 1.27 bits per heavy atom. The number of carbonyl (C=O) groups is 1. The van der Waals surface area contributed by atoms with Crippen molar-refractivity contribution in [1.82, 2.24) is 0 Å². The second kappa shape index (κ2) is 3.08. The van der Waals surface area contributed by atoms with Crippen molar-refractivity contribution in [1.29, 1.82) is 0 Å². The van der Waals surface area contributed by atoms with Crippen molar-refractivity contribution >= 4 is 12.0 Å². The molecule has 2 rings (SSSR count). The molecule has 0 saturated heterocycles. The summed E-state index contributed by atoms with van der Waals surface area (Å²) in [5, 5.41) is 0.691. The topological polar surface area (TPSA) is 38.7 Å². The predicted octanol–water partition coefficient (Wildman–Crippen LogP) is 0.525. The van der Waals surface area contributed by atoms with Gasteiger partial charge in [0.2, 0.25) is 0 Å². The number of alkyl halides is 3. The maximum absolute atomic E-state index is 11.8. The van der Waals surface area contributed by atoms with Crippen LogP contribution in [0.4, 0.5) is 13.2 Å². The number of halogens is 3. The van der Waals surface area contributed by atoms with Crippen LogP contribution in [0.15, 0.2) is 23.2 Å². The van der Waals surface area contributed by atoms with Gasteiger partial charge in [0, 0.05) is 11.3 Å². The summed E-state index contributed by atoms with van der Waals surface area (Å²) in [4.78, 5) is 14.4. The highest BCUT2D eigenvalue weighted by atomic mass is 19.4. The van der Waals surface area contributed by atoms with E-state index in [1.54, 1.807) is 0 Å². The van der Waals surface area contributed by atoms with Crippen molar-refractivity contribution in [2.45, 2.75) is 6.36 Å². The summed E-state index contributed by atoms with van der Waals surface area (Å²) < 4.78 is 39.2. The SMILES string of the molecule is O=C1C=c2cc(OC(F)(F)F)ccc2=N1. The number of hydrogen-bond donors (Lipinski definition) is 0. The number of hydrogen-bond acceptors (Lipinski definition) is 2. The molecular weight excluding hydrogens is 211 g/mol. The Morgan fingerprint density at radius 2 is 2.00 bits per heavy atom. The fraction of sp³-hybridized carbons (Fsp3) is 0.111. The molecule has 0 radical (unpaired) electrons. The molecule has 1 amide bonds. The standard InChI is InChI=1S/C9H4F3NO2/c10-9(11,12)15-6-1-2-7-5(3-6)4-8(14)13-7/h1-4H. The van der Waals surface area contributed by atoms with E-state index < -0.39 is 12.3 Å². The van der Waals surface area contributed by atoms with E-state index in [1.165, 1.54) is 6.07 Å². The molecule has 6 heteroatoms. The Bertz CT molecular complexity index is 533. The van der Waals surface area contributed by atoms with E-state index in [0.717, 1.165) is 18.2 Å². The van der Waals surface area contributed by atoms with Crippen molar-refractivity contribution in [2.75, 3.05) is 0 Å². The molecule has 78 valence electrons. The molecule has 3 nitrogen and oxygen atoms in total. The summed E-state index contributed by atoms with van der Waals surface area (Å²) in [5.74, 6) is -0.837. The maximum atomic E-state index is 11.8. The molecule has 1 heterocycles. The molecule has 1 aliphatic rings. The summed E-state index contributed by atoms with van der Waals surface area (Å²) in [7, 11) is 0. The Balaban J connectivity index is 2.41. The second-order valence-corrected chi connectivity index (χ2v) is 2.86. The van der Waals surface area contributed by atoms with Crippen molar-refractivity contribution in [3.8, 4) is 5.75 Å². The largest absolute Gasteiger partial charge is 0.573 e. The first-order valence-electron chi connectivity index (χ1n) is 3.94. The third-order valence-electron chi connectivity index (χ3n) is 1.74. The van der Waals surface area contributed by atoms with Crippen LogP contribution in [0.1, 0.15) is 0 Å². The van der Waals surface area contributed by atoms with Gasteiger partial charge in [-0.05, 0) is 18.2 Å². The molecule has 0 unspecified atom stereocenters. The molecule has 0 saturated carbocycles. The Hall–Kier alpha value is -1.85. The van der Waals surface area contributed by atoms with Crippen molar-refractivity contribution in [2.24, 2.45) is 4.99 Å². The minimum absolute atomic E-state index is 0.335. The first kappa shape index (κ1) is 9.70. The zero-order chi connectivity index (χ0) is 11.1. The van der Waals surface area contributed by atoms with E-state index in [2.05, 4.69) is 9.73 Å². The fourth-order valence-electron chi connectivity index (χ4n) is 1.23. The lowest BCUT2D eigenvalue weighted by Crippen LogP contribution is -2.23. The van der Waals surface area contributed by atoms with Crippen LogP contribution in [-0.2, 0) is 4.79 Å². The monoisotopic (exact) mass is 215 g/mol. The average molecular weight is 215 g/mol. The van der Waals surface area contributed by atoms with E-state index in [1.807, 2.05) is 0 Å². The average Bonchev–Trinajstić information content (AvgIpc) is 2.40. The Labute approximate surface area is 81.5 Å². The summed E-state index contributed by atoms with van der Waals surface area (Å²) in [6.07, 6.45) is -3.58. The van der Waals surface area contributed by atoms with Gasteiger partial charge in [0.15, 0.2) is 0 Å². The van der Waals surface area contributed by atoms with Crippen LogP contribution in [0.2, 0.25) is 0 Å². The third-order valence-corrected chi connectivity index (χ3v) is 1.74. The van der Waals surface area contributed by atoms with E-state index in [-0.39, 0.29) is 5.75 Å². The minimum Gasteiger partial charge on any atom is -0.406 e. The minimum atomic E-state index is -4.73. The van der Waals surface area contributed by atoms with Crippen LogP contribution in [0.25, 0.3) is 6.08 Å². The number of nitrogens with zero attached hydrogens (tertiary/aromatic N) is 1. The molecule has 1 aromatic rings. The van der Waals surface area contributed by atoms with Gasteiger partial charge in [-0.3, -0.25) is 4.79 Å². The molecule has 1 aromatic carbocycles. The van der Waals surface area contributed by atoms with Gasteiger partial charge in [-0.15, -0.1) is 13.2 Å². The van der Waals surface area contributed by atoms with Crippen LogP contribution in [0, 0.1) is 0 Å². The van der Waals surface area contributed by atoms with E-state index in [0.29, 0.717) is 10.6 Å². The van der Waals surface area contributed by atoms with E-state index in [4.69, 9.17) is 0 Å². The number of rotatable bonds is 1. The number of amides is 1. The van der Waals surface area contributed by atoms with Gasteiger partial charge in [-0.25, -0.2) is 4.99 Å². The lowest BCUT2D eigenvalue weighted by Gasteiger charge is -2.07. The Kier molecular flexibility index (Phi) is 1.99. The van der Waals surface area contributed by atoms with Crippen LogP contribution < -0.4 is 15.3 Å². The summed E-state index contributed by atoms with van der Waals surface area (Å²) in [5.41, 5.74) is 0. The number of carbonyl (C=O) groups excluding carboxylic acids is 1. The Morgan fingerprint density at radius 3 is 2.67 bits per heavy atom. The van der Waals surface area contributed by atoms with Gasteiger partial charge in [0.05, 0.1) is 5.36 Å². The first-order valence-corrected chi connectivity index (χ1v) is 3.94. The van der Waals surface area contributed by atoms with Crippen LogP contribution in [-0.4, -0.2) is 12.3 Å². The quantitative estimate of drug-likeness (QED) is 0.685. The zero-order valence-corrected chi connectivity index (χ0v) is 7.21. The number of ether oxygens (including phenoxy) is 1.